The second kappa shape index (κ2) is 7.06. The number of fused-ring (bicyclic) bond motifs is 1. The molecule has 0 saturated carbocycles. The van der Waals surface area contributed by atoms with Crippen molar-refractivity contribution in [3.63, 3.8) is 0 Å². The monoisotopic (exact) mass is 392 g/mol. The number of halogens is 1. The molecule has 0 radical (unpaired) electrons. The Hall–Kier alpha value is -2.42. The first-order valence-electron chi connectivity index (χ1n) is 7.87. The lowest BCUT2D eigenvalue weighted by Gasteiger charge is -2.09. The molecule has 0 aliphatic carbocycles. The quantitative estimate of drug-likeness (QED) is 0.653. The van der Waals surface area contributed by atoms with Gasteiger partial charge < -0.3 is 4.57 Å². The summed E-state index contributed by atoms with van der Waals surface area (Å²) in [6, 6.07) is 11.0. The number of hydrogen-bond donors (Lipinski definition) is 2. The molecule has 0 aliphatic rings. The lowest BCUT2D eigenvalue weighted by molar-refractivity contribution is 0.0945. The van der Waals surface area contributed by atoms with Gasteiger partial charge >= 0.3 is 0 Å². The van der Waals surface area contributed by atoms with Crippen molar-refractivity contribution >= 4 is 38.6 Å². The van der Waals surface area contributed by atoms with Crippen molar-refractivity contribution in [1.29, 1.82) is 0 Å². The largest absolute Gasteiger partial charge is 0.329 e. The van der Waals surface area contributed by atoms with Crippen molar-refractivity contribution in [1.82, 2.24) is 19.8 Å². The van der Waals surface area contributed by atoms with Crippen LogP contribution in [0, 0.1) is 6.92 Å². The zero-order valence-electron chi connectivity index (χ0n) is 14.2. The molecule has 136 valence electrons. The summed E-state index contributed by atoms with van der Waals surface area (Å²) in [7, 11) is -3.98. The number of imidazole rings is 1. The average Bonchev–Trinajstić information content (AvgIpc) is 2.94. The number of amides is 1. The Morgan fingerprint density at radius 3 is 2.65 bits per heavy atom. The molecule has 0 aliphatic heterocycles. The molecule has 1 heterocycles. The van der Waals surface area contributed by atoms with Crippen LogP contribution in [-0.2, 0) is 16.6 Å². The predicted molar refractivity (Wildman–Crippen MR) is 99.4 cm³/mol. The van der Waals surface area contributed by atoms with Crippen molar-refractivity contribution in [3.05, 3.63) is 58.9 Å². The zero-order valence-corrected chi connectivity index (χ0v) is 15.7. The highest BCUT2D eigenvalue weighted by atomic mass is 35.5. The number of aryl methyl sites for hydroxylation is 2. The van der Waals surface area contributed by atoms with Crippen LogP contribution in [0.5, 0.6) is 0 Å². The summed E-state index contributed by atoms with van der Waals surface area (Å²) in [5.41, 5.74) is 4.07. The number of nitrogens with one attached hydrogen (secondary N) is 2. The van der Waals surface area contributed by atoms with E-state index in [0.717, 1.165) is 17.9 Å². The highest BCUT2D eigenvalue weighted by Crippen LogP contribution is 2.20. The van der Waals surface area contributed by atoms with Crippen LogP contribution in [0.2, 0.25) is 5.02 Å². The molecule has 26 heavy (non-hydrogen) atoms. The van der Waals surface area contributed by atoms with Gasteiger partial charge in [0.2, 0.25) is 0 Å². The number of carbonyl (C=O) groups is 1. The normalized spacial score (nSPS) is 11.7. The summed E-state index contributed by atoms with van der Waals surface area (Å²) in [4.78, 5) is 18.7. The number of aromatic nitrogens is 2. The second-order valence-electron chi connectivity index (χ2n) is 5.60. The molecule has 1 amide bonds. The van der Waals surface area contributed by atoms with Crippen LogP contribution in [0.15, 0.2) is 47.4 Å². The SMILES string of the molecule is CCn1c(C)nc2cc(C(=O)NNS(=O)(=O)c3ccccc3Cl)ccc21. The molecule has 0 atom stereocenters. The van der Waals surface area contributed by atoms with Crippen LogP contribution in [0.1, 0.15) is 23.1 Å². The molecule has 9 heteroatoms. The third-order valence-corrected chi connectivity index (χ3v) is 5.69. The molecule has 0 fully saturated rings. The molecule has 3 rings (SSSR count). The Balaban J connectivity index is 1.80. The van der Waals surface area contributed by atoms with Gasteiger partial charge in [-0.25, -0.2) is 13.4 Å². The first-order valence-corrected chi connectivity index (χ1v) is 9.73. The van der Waals surface area contributed by atoms with Gasteiger partial charge in [0.1, 0.15) is 10.7 Å². The van der Waals surface area contributed by atoms with E-state index in [4.69, 9.17) is 11.6 Å². The van der Waals surface area contributed by atoms with Crippen molar-refractivity contribution in [3.8, 4) is 0 Å². The van der Waals surface area contributed by atoms with Gasteiger partial charge in [-0.05, 0) is 44.2 Å². The van der Waals surface area contributed by atoms with Gasteiger partial charge in [-0.2, -0.15) is 0 Å². The van der Waals surface area contributed by atoms with Crippen molar-refractivity contribution < 1.29 is 13.2 Å². The number of hydrazine groups is 1. The van der Waals surface area contributed by atoms with Crippen LogP contribution >= 0.6 is 11.6 Å². The Bertz CT molecular complexity index is 1090. The lowest BCUT2D eigenvalue weighted by Crippen LogP contribution is -2.41. The van der Waals surface area contributed by atoms with Gasteiger partial charge in [0.25, 0.3) is 15.9 Å². The first-order chi connectivity index (χ1) is 12.3. The summed E-state index contributed by atoms with van der Waals surface area (Å²) in [5, 5.41) is 0.0660. The van der Waals surface area contributed by atoms with E-state index in [1.165, 1.54) is 12.1 Å². The molecule has 3 aromatic rings. The van der Waals surface area contributed by atoms with Crippen molar-refractivity contribution in [2.45, 2.75) is 25.3 Å². The van der Waals surface area contributed by atoms with Crippen LogP contribution in [-0.4, -0.2) is 23.9 Å². The van der Waals surface area contributed by atoms with E-state index in [-0.39, 0.29) is 9.92 Å². The van der Waals surface area contributed by atoms with Crippen molar-refractivity contribution in [2.75, 3.05) is 0 Å². The Morgan fingerprint density at radius 1 is 1.23 bits per heavy atom. The van der Waals surface area contributed by atoms with Gasteiger partial charge in [0, 0.05) is 12.1 Å². The van der Waals surface area contributed by atoms with Crippen molar-refractivity contribution in [2.24, 2.45) is 0 Å². The maximum atomic E-state index is 12.3. The third kappa shape index (κ3) is 3.44. The molecule has 0 bridgehead atoms. The van der Waals surface area contributed by atoms with E-state index in [0.29, 0.717) is 11.1 Å². The topological polar surface area (TPSA) is 93.1 Å². The van der Waals surface area contributed by atoms with E-state index in [2.05, 4.69) is 15.2 Å². The minimum Gasteiger partial charge on any atom is -0.329 e. The van der Waals surface area contributed by atoms with E-state index in [9.17, 15) is 13.2 Å². The molecule has 1 aromatic heterocycles. The molecule has 0 saturated heterocycles. The number of sulfonamides is 1. The minimum absolute atomic E-state index is 0.0660. The summed E-state index contributed by atoms with van der Waals surface area (Å²) < 4.78 is 26.5. The van der Waals surface area contributed by atoms with Crippen LogP contribution in [0.25, 0.3) is 11.0 Å². The zero-order chi connectivity index (χ0) is 18.9. The fraction of sp³-hybridized carbons (Fsp3) is 0.176. The maximum absolute atomic E-state index is 12.3. The standard InChI is InChI=1S/C17H17ClN4O3S/c1-3-22-11(2)19-14-10-12(8-9-15(14)22)17(23)20-21-26(24,25)16-7-5-4-6-13(16)18/h4-10,21H,3H2,1-2H3,(H,20,23). The molecular formula is C17H17ClN4O3S. The highest BCUT2D eigenvalue weighted by Gasteiger charge is 2.19. The molecule has 7 nitrogen and oxygen atoms in total. The van der Waals surface area contributed by atoms with E-state index in [1.807, 2.05) is 18.4 Å². The molecular weight excluding hydrogens is 376 g/mol. The summed E-state index contributed by atoms with van der Waals surface area (Å²) in [6.45, 7) is 4.67. The van der Waals surface area contributed by atoms with E-state index >= 15 is 0 Å². The Kier molecular flexibility index (Phi) is 4.99. The number of nitrogens with zero attached hydrogens (tertiary/aromatic N) is 2. The van der Waals surface area contributed by atoms with Gasteiger partial charge in [0.15, 0.2) is 0 Å². The summed E-state index contributed by atoms with van der Waals surface area (Å²) >= 11 is 5.89. The van der Waals surface area contributed by atoms with E-state index in [1.54, 1.807) is 30.3 Å². The van der Waals surface area contributed by atoms with Gasteiger partial charge in [0.05, 0.1) is 16.1 Å². The molecule has 0 unspecified atom stereocenters. The van der Waals surface area contributed by atoms with Gasteiger partial charge in [-0.3, -0.25) is 10.2 Å². The summed E-state index contributed by atoms with van der Waals surface area (Å²) in [5.74, 6) is 0.255. The van der Waals surface area contributed by atoms with Crippen LogP contribution < -0.4 is 10.3 Å². The third-order valence-electron chi connectivity index (χ3n) is 3.94. The van der Waals surface area contributed by atoms with Gasteiger partial charge in [-0.15, -0.1) is 4.83 Å². The molecule has 2 N–H and O–H groups in total. The predicted octanol–water partition coefficient (Wildman–Crippen LogP) is 2.64. The van der Waals surface area contributed by atoms with E-state index < -0.39 is 15.9 Å². The Labute approximate surface area is 156 Å². The fourth-order valence-corrected chi connectivity index (χ4v) is 4.05. The number of hydrogen-bond acceptors (Lipinski definition) is 4. The summed E-state index contributed by atoms with van der Waals surface area (Å²) in [6.07, 6.45) is 0. The molecule has 2 aromatic carbocycles. The van der Waals surface area contributed by atoms with Crippen LogP contribution in [0.4, 0.5) is 0 Å². The smallest absolute Gasteiger partial charge is 0.266 e. The van der Waals surface area contributed by atoms with Gasteiger partial charge in [-0.1, -0.05) is 23.7 Å². The first kappa shape index (κ1) is 18.4. The number of benzene rings is 2. The number of rotatable bonds is 5. The highest BCUT2D eigenvalue weighted by molar-refractivity contribution is 7.89. The average molecular weight is 393 g/mol. The number of carbonyl (C=O) groups excluding carboxylic acids is 1. The second-order valence-corrected chi connectivity index (χ2v) is 7.65. The van der Waals surface area contributed by atoms with Crippen LogP contribution in [0.3, 0.4) is 0 Å². The Morgan fingerprint density at radius 2 is 1.96 bits per heavy atom. The fourth-order valence-electron chi connectivity index (χ4n) is 2.69. The molecule has 0 spiro atoms. The lowest BCUT2D eigenvalue weighted by atomic mass is 10.2. The minimum atomic E-state index is -3.98. The maximum Gasteiger partial charge on any atom is 0.266 e.